The number of nitrogens with zero attached hydrogens (tertiary/aromatic N) is 1. The van der Waals surface area contributed by atoms with E-state index < -0.39 is 29.9 Å². The molecular weight excluding hydrogens is 366 g/mol. The third-order valence-corrected chi connectivity index (χ3v) is 3.39. The standard InChI is InChI=1S/C19H21F4NO3/c1-18(2,3)11-24(12-19(21,22)23)17(25)16-9-8-15(27-16)10-26-14-6-4-13(20)5-7-14/h4-9H,10-12H2,1-3H3. The maximum absolute atomic E-state index is 12.9. The first-order valence-electron chi connectivity index (χ1n) is 8.26. The van der Waals surface area contributed by atoms with Gasteiger partial charge in [-0.15, -0.1) is 0 Å². The van der Waals surface area contributed by atoms with Gasteiger partial charge in [0.15, 0.2) is 5.76 Å². The van der Waals surface area contributed by atoms with Crippen molar-refractivity contribution in [2.75, 3.05) is 13.1 Å². The lowest BCUT2D eigenvalue weighted by atomic mass is 9.96. The van der Waals surface area contributed by atoms with Gasteiger partial charge in [-0.1, -0.05) is 20.8 Å². The quantitative estimate of drug-likeness (QED) is 0.652. The highest BCUT2D eigenvalue weighted by molar-refractivity contribution is 5.91. The Balaban J connectivity index is 2.06. The van der Waals surface area contributed by atoms with E-state index in [1.807, 2.05) is 0 Å². The van der Waals surface area contributed by atoms with Crippen molar-refractivity contribution in [1.82, 2.24) is 4.90 Å². The fraction of sp³-hybridized carbons (Fsp3) is 0.421. The third kappa shape index (κ3) is 6.96. The van der Waals surface area contributed by atoms with Crippen LogP contribution in [-0.2, 0) is 6.61 Å². The van der Waals surface area contributed by atoms with Crippen molar-refractivity contribution in [1.29, 1.82) is 0 Å². The van der Waals surface area contributed by atoms with E-state index in [4.69, 9.17) is 9.15 Å². The van der Waals surface area contributed by atoms with Gasteiger partial charge in [-0.2, -0.15) is 13.2 Å². The second-order valence-electron chi connectivity index (χ2n) is 7.35. The van der Waals surface area contributed by atoms with Gasteiger partial charge in [-0.25, -0.2) is 4.39 Å². The van der Waals surface area contributed by atoms with Crippen LogP contribution in [0, 0.1) is 11.2 Å². The number of amides is 1. The van der Waals surface area contributed by atoms with E-state index >= 15 is 0 Å². The Bertz CT molecular complexity index is 744. The molecule has 0 aliphatic rings. The number of hydrogen-bond donors (Lipinski definition) is 0. The van der Waals surface area contributed by atoms with E-state index in [-0.39, 0.29) is 24.7 Å². The Kier molecular flexibility index (Phi) is 6.18. The molecule has 4 nitrogen and oxygen atoms in total. The molecule has 2 rings (SSSR count). The van der Waals surface area contributed by atoms with Crippen LogP contribution in [0.25, 0.3) is 0 Å². The molecule has 0 aliphatic heterocycles. The van der Waals surface area contributed by atoms with Crippen LogP contribution in [0.5, 0.6) is 5.75 Å². The molecule has 1 amide bonds. The predicted octanol–water partition coefficient (Wildman–Crippen LogP) is 5.05. The minimum absolute atomic E-state index is 0.0442. The number of hydrogen-bond acceptors (Lipinski definition) is 3. The first-order valence-corrected chi connectivity index (χ1v) is 8.26. The minimum atomic E-state index is -4.51. The van der Waals surface area contributed by atoms with E-state index in [1.165, 1.54) is 36.4 Å². The number of furan rings is 1. The summed E-state index contributed by atoms with van der Waals surface area (Å²) >= 11 is 0. The SMILES string of the molecule is CC(C)(C)CN(CC(F)(F)F)C(=O)c1ccc(COc2ccc(F)cc2)o1. The first-order chi connectivity index (χ1) is 12.4. The number of rotatable bonds is 6. The highest BCUT2D eigenvalue weighted by Crippen LogP contribution is 2.24. The molecule has 1 aromatic heterocycles. The van der Waals surface area contributed by atoms with Gasteiger partial charge in [0.05, 0.1) is 0 Å². The highest BCUT2D eigenvalue weighted by Gasteiger charge is 2.36. The largest absolute Gasteiger partial charge is 0.486 e. The van der Waals surface area contributed by atoms with Crippen molar-refractivity contribution in [3.63, 3.8) is 0 Å². The summed E-state index contributed by atoms with van der Waals surface area (Å²) in [7, 11) is 0. The van der Waals surface area contributed by atoms with Crippen LogP contribution < -0.4 is 4.74 Å². The Labute approximate surface area is 154 Å². The number of alkyl halides is 3. The monoisotopic (exact) mass is 387 g/mol. The summed E-state index contributed by atoms with van der Waals surface area (Å²) in [6.07, 6.45) is -4.51. The van der Waals surface area contributed by atoms with E-state index in [0.29, 0.717) is 5.75 Å². The van der Waals surface area contributed by atoms with Gasteiger partial charge in [0.1, 0.15) is 30.5 Å². The van der Waals surface area contributed by atoms with Gasteiger partial charge >= 0.3 is 6.18 Å². The highest BCUT2D eigenvalue weighted by atomic mass is 19.4. The van der Waals surface area contributed by atoms with Crippen LogP contribution in [0.15, 0.2) is 40.8 Å². The molecule has 0 unspecified atom stereocenters. The zero-order chi connectivity index (χ0) is 20.2. The lowest BCUT2D eigenvalue weighted by Crippen LogP contribution is -2.43. The smallest absolute Gasteiger partial charge is 0.406 e. The molecule has 0 aliphatic carbocycles. The molecule has 0 atom stereocenters. The molecule has 0 saturated carbocycles. The van der Waals surface area contributed by atoms with Gasteiger partial charge in [0, 0.05) is 6.54 Å². The molecule has 0 spiro atoms. The number of ether oxygens (including phenoxy) is 1. The second-order valence-corrected chi connectivity index (χ2v) is 7.35. The molecule has 0 radical (unpaired) electrons. The number of benzene rings is 1. The Morgan fingerprint density at radius 1 is 1.04 bits per heavy atom. The fourth-order valence-corrected chi connectivity index (χ4v) is 2.40. The number of halogens is 4. The van der Waals surface area contributed by atoms with Crippen LogP contribution in [-0.4, -0.2) is 30.1 Å². The molecule has 0 N–H and O–H groups in total. The van der Waals surface area contributed by atoms with Crippen molar-refractivity contribution in [3.05, 3.63) is 53.7 Å². The van der Waals surface area contributed by atoms with Crippen LogP contribution in [0.1, 0.15) is 37.1 Å². The topological polar surface area (TPSA) is 42.7 Å². The average molecular weight is 387 g/mol. The minimum Gasteiger partial charge on any atom is -0.486 e. The van der Waals surface area contributed by atoms with Crippen molar-refractivity contribution < 1.29 is 31.5 Å². The van der Waals surface area contributed by atoms with Crippen molar-refractivity contribution in [3.8, 4) is 5.75 Å². The molecule has 0 saturated heterocycles. The van der Waals surface area contributed by atoms with E-state index in [0.717, 1.165) is 4.90 Å². The van der Waals surface area contributed by atoms with Crippen LogP contribution in [0.3, 0.4) is 0 Å². The summed E-state index contributed by atoms with van der Waals surface area (Å²) < 4.78 is 62.1. The Morgan fingerprint density at radius 3 is 2.22 bits per heavy atom. The van der Waals surface area contributed by atoms with Crippen LogP contribution >= 0.6 is 0 Å². The van der Waals surface area contributed by atoms with Crippen molar-refractivity contribution in [2.24, 2.45) is 5.41 Å². The van der Waals surface area contributed by atoms with E-state index in [2.05, 4.69) is 0 Å². The summed E-state index contributed by atoms with van der Waals surface area (Å²) in [6, 6.07) is 8.09. The fourth-order valence-electron chi connectivity index (χ4n) is 2.40. The van der Waals surface area contributed by atoms with Gasteiger partial charge in [-0.05, 0) is 41.8 Å². The van der Waals surface area contributed by atoms with Gasteiger partial charge in [0.2, 0.25) is 0 Å². The molecule has 8 heteroatoms. The van der Waals surface area contributed by atoms with Gasteiger partial charge in [0.25, 0.3) is 5.91 Å². The molecule has 27 heavy (non-hydrogen) atoms. The number of carbonyl (C=O) groups is 1. The maximum atomic E-state index is 12.9. The lowest BCUT2D eigenvalue weighted by Gasteiger charge is -2.30. The molecule has 0 fully saturated rings. The predicted molar refractivity (Wildman–Crippen MR) is 90.9 cm³/mol. The summed E-state index contributed by atoms with van der Waals surface area (Å²) in [4.78, 5) is 13.2. The van der Waals surface area contributed by atoms with Crippen LogP contribution in [0.2, 0.25) is 0 Å². The van der Waals surface area contributed by atoms with Gasteiger partial charge in [-0.3, -0.25) is 4.79 Å². The summed E-state index contributed by atoms with van der Waals surface area (Å²) in [6.45, 7) is 3.76. The average Bonchev–Trinajstić information content (AvgIpc) is 2.99. The molecule has 0 bridgehead atoms. The molecule has 2 aromatic rings. The number of carbonyl (C=O) groups excluding carboxylic acids is 1. The van der Waals surface area contributed by atoms with Crippen molar-refractivity contribution >= 4 is 5.91 Å². The maximum Gasteiger partial charge on any atom is 0.406 e. The second kappa shape index (κ2) is 8.02. The normalized spacial score (nSPS) is 12.1. The zero-order valence-corrected chi connectivity index (χ0v) is 15.3. The van der Waals surface area contributed by atoms with E-state index in [1.54, 1.807) is 20.8 Å². The molecular formula is C19H21F4NO3. The lowest BCUT2D eigenvalue weighted by molar-refractivity contribution is -0.142. The summed E-state index contributed by atoms with van der Waals surface area (Å²) in [5.41, 5.74) is -0.512. The van der Waals surface area contributed by atoms with E-state index in [9.17, 15) is 22.4 Å². The van der Waals surface area contributed by atoms with Crippen LogP contribution in [0.4, 0.5) is 17.6 Å². The first kappa shape index (κ1) is 20.8. The Morgan fingerprint density at radius 2 is 1.67 bits per heavy atom. The summed E-state index contributed by atoms with van der Waals surface area (Å²) in [5, 5.41) is 0. The zero-order valence-electron chi connectivity index (χ0n) is 15.3. The molecule has 1 heterocycles. The molecule has 148 valence electrons. The Hall–Kier alpha value is -2.51. The summed E-state index contributed by atoms with van der Waals surface area (Å²) in [5.74, 6) is -0.772. The molecule has 1 aromatic carbocycles. The van der Waals surface area contributed by atoms with Gasteiger partial charge < -0.3 is 14.1 Å². The van der Waals surface area contributed by atoms with Crippen molar-refractivity contribution in [2.45, 2.75) is 33.6 Å². The third-order valence-electron chi connectivity index (χ3n) is 3.39.